The van der Waals surface area contributed by atoms with E-state index in [0.717, 1.165) is 0 Å². The van der Waals surface area contributed by atoms with Crippen molar-refractivity contribution in [2.45, 2.75) is 26.8 Å². The summed E-state index contributed by atoms with van der Waals surface area (Å²) < 4.78 is 5.10. The lowest BCUT2D eigenvalue weighted by Gasteiger charge is -2.27. The minimum Gasteiger partial charge on any atom is -0.497 e. The SMILES string of the molecule is COc1ccc(C(=O)N(CCNC(C)=O)C(C)C(=O)O)c(C)c1. The lowest BCUT2D eigenvalue weighted by Crippen LogP contribution is -2.46. The molecule has 1 atom stereocenters. The summed E-state index contributed by atoms with van der Waals surface area (Å²) in [6.45, 7) is 4.85. The second-order valence-electron chi connectivity index (χ2n) is 5.18. The van der Waals surface area contributed by atoms with Gasteiger partial charge in [-0.15, -0.1) is 0 Å². The summed E-state index contributed by atoms with van der Waals surface area (Å²) in [6, 6.07) is 3.97. The van der Waals surface area contributed by atoms with Gasteiger partial charge in [0.15, 0.2) is 0 Å². The molecule has 7 heteroatoms. The summed E-state index contributed by atoms with van der Waals surface area (Å²) in [4.78, 5) is 36.1. The largest absolute Gasteiger partial charge is 0.497 e. The number of benzene rings is 1. The van der Waals surface area contributed by atoms with Gasteiger partial charge in [-0.05, 0) is 37.6 Å². The number of methoxy groups -OCH3 is 1. The molecule has 0 aromatic heterocycles. The Morgan fingerprint density at radius 1 is 1.35 bits per heavy atom. The van der Waals surface area contributed by atoms with Gasteiger partial charge in [0.1, 0.15) is 11.8 Å². The van der Waals surface area contributed by atoms with Crippen LogP contribution in [0.25, 0.3) is 0 Å². The van der Waals surface area contributed by atoms with Crippen LogP contribution in [0.1, 0.15) is 29.8 Å². The van der Waals surface area contributed by atoms with E-state index in [2.05, 4.69) is 5.32 Å². The van der Waals surface area contributed by atoms with E-state index in [9.17, 15) is 19.5 Å². The molecule has 0 heterocycles. The third kappa shape index (κ3) is 4.98. The Morgan fingerprint density at radius 3 is 2.48 bits per heavy atom. The van der Waals surface area contributed by atoms with Crippen molar-refractivity contribution in [2.75, 3.05) is 20.2 Å². The van der Waals surface area contributed by atoms with Crippen molar-refractivity contribution in [3.8, 4) is 5.75 Å². The Labute approximate surface area is 135 Å². The first kappa shape index (κ1) is 18.5. The summed E-state index contributed by atoms with van der Waals surface area (Å²) in [5, 5.41) is 11.8. The number of rotatable bonds is 7. The number of carbonyl (C=O) groups is 3. The molecule has 0 saturated heterocycles. The Kier molecular flexibility index (Phi) is 6.56. The molecule has 2 N–H and O–H groups in total. The zero-order chi connectivity index (χ0) is 17.6. The predicted molar refractivity (Wildman–Crippen MR) is 84.5 cm³/mol. The third-order valence-electron chi connectivity index (χ3n) is 3.48. The number of hydrogen-bond acceptors (Lipinski definition) is 4. The first-order valence-corrected chi connectivity index (χ1v) is 7.20. The fraction of sp³-hybridized carbons (Fsp3) is 0.438. The molecule has 1 aromatic rings. The minimum atomic E-state index is -1.10. The van der Waals surface area contributed by atoms with E-state index in [1.165, 1.54) is 25.9 Å². The molecule has 0 aliphatic carbocycles. The first-order chi connectivity index (χ1) is 10.8. The predicted octanol–water partition coefficient (Wildman–Crippen LogP) is 1.06. The Hall–Kier alpha value is -2.57. The number of aryl methyl sites for hydroxylation is 1. The highest BCUT2D eigenvalue weighted by molar-refractivity contribution is 5.98. The molecule has 0 aliphatic heterocycles. The Bertz CT molecular complexity index is 600. The lowest BCUT2D eigenvalue weighted by atomic mass is 10.1. The van der Waals surface area contributed by atoms with Crippen molar-refractivity contribution in [1.29, 1.82) is 0 Å². The molecule has 23 heavy (non-hydrogen) atoms. The summed E-state index contributed by atoms with van der Waals surface area (Å²) in [5.74, 6) is -1.12. The maximum absolute atomic E-state index is 12.7. The van der Waals surface area contributed by atoms with Crippen LogP contribution in [0.3, 0.4) is 0 Å². The van der Waals surface area contributed by atoms with Crippen LogP contribution in [0.15, 0.2) is 18.2 Å². The van der Waals surface area contributed by atoms with Gasteiger partial charge in [0, 0.05) is 25.6 Å². The van der Waals surface area contributed by atoms with Crippen molar-refractivity contribution in [1.82, 2.24) is 10.2 Å². The molecule has 0 saturated carbocycles. The highest BCUT2D eigenvalue weighted by Gasteiger charge is 2.27. The summed E-state index contributed by atoms with van der Waals surface area (Å²) in [7, 11) is 1.53. The van der Waals surface area contributed by atoms with Crippen LogP contribution in [0.4, 0.5) is 0 Å². The molecule has 126 valence electrons. The third-order valence-corrected chi connectivity index (χ3v) is 3.48. The van der Waals surface area contributed by atoms with Gasteiger partial charge < -0.3 is 20.1 Å². The molecule has 1 rings (SSSR count). The van der Waals surface area contributed by atoms with Gasteiger partial charge in [-0.25, -0.2) is 4.79 Å². The number of ether oxygens (including phenoxy) is 1. The van der Waals surface area contributed by atoms with Crippen molar-refractivity contribution in [2.24, 2.45) is 0 Å². The standard InChI is InChI=1S/C16H22N2O5/c1-10-9-13(23-4)5-6-14(10)15(20)18(11(2)16(21)22)8-7-17-12(3)19/h5-6,9,11H,7-8H2,1-4H3,(H,17,19)(H,21,22). The van der Waals surface area contributed by atoms with Gasteiger partial charge in [-0.1, -0.05) is 0 Å². The fourth-order valence-corrected chi connectivity index (χ4v) is 2.11. The quantitative estimate of drug-likeness (QED) is 0.782. The number of nitrogens with zero attached hydrogens (tertiary/aromatic N) is 1. The highest BCUT2D eigenvalue weighted by atomic mass is 16.5. The second-order valence-corrected chi connectivity index (χ2v) is 5.18. The van der Waals surface area contributed by atoms with Gasteiger partial charge in [0.05, 0.1) is 7.11 Å². The number of carbonyl (C=O) groups excluding carboxylic acids is 2. The van der Waals surface area contributed by atoms with Crippen LogP contribution < -0.4 is 10.1 Å². The van der Waals surface area contributed by atoms with E-state index in [0.29, 0.717) is 16.9 Å². The number of aliphatic carboxylic acids is 1. The first-order valence-electron chi connectivity index (χ1n) is 7.20. The maximum Gasteiger partial charge on any atom is 0.326 e. The van der Waals surface area contributed by atoms with E-state index < -0.39 is 17.9 Å². The molecule has 1 unspecified atom stereocenters. The van der Waals surface area contributed by atoms with Crippen molar-refractivity contribution < 1.29 is 24.2 Å². The zero-order valence-electron chi connectivity index (χ0n) is 13.8. The number of amides is 2. The van der Waals surface area contributed by atoms with Gasteiger partial charge in [0.25, 0.3) is 5.91 Å². The number of carboxylic acid groups (broad SMARTS) is 1. The van der Waals surface area contributed by atoms with Gasteiger partial charge in [0.2, 0.25) is 5.91 Å². The van der Waals surface area contributed by atoms with E-state index in [1.807, 2.05) is 0 Å². The molecule has 2 amide bonds. The molecule has 7 nitrogen and oxygen atoms in total. The fourth-order valence-electron chi connectivity index (χ4n) is 2.11. The maximum atomic E-state index is 12.7. The molecule has 0 aliphatic rings. The Morgan fingerprint density at radius 2 is 2.00 bits per heavy atom. The summed E-state index contributed by atoms with van der Waals surface area (Å²) in [5.41, 5.74) is 1.10. The molecule has 0 fully saturated rings. The van der Waals surface area contributed by atoms with E-state index >= 15 is 0 Å². The van der Waals surface area contributed by atoms with Gasteiger partial charge in [-0.2, -0.15) is 0 Å². The average molecular weight is 322 g/mol. The summed E-state index contributed by atoms with van der Waals surface area (Å²) in [6.07, 6.45) is 0. The Balaban J connectivity index is 3.02. The lowest BCUT2D eigenvalue weighted by molar-refractivity contribution is -0.141. The van der Waals surface area contributed by atoms with Crippen LogP contribution >= 0.6 is 0 Å². The van der Waals surface area contributed by atoms with Crippen LogP contribution in [-0.4, -0.2) is 54.0 Å². The van der Waals surface area contributed by atoms with E-state index in [-0.39, 0.29) is 19.0 Å². The number of hydrogen-bond donors (Lipinski definition) is 2. The van der Waals surface area contributed by atoms with Crippen molar-refractivity contribution >= 4 is 17.8 Å². The highest BCUT2D eigenvalue weighted by Crippen LogP contribution is 2.19. The number of carboxylic acids is 1. The molecule has 0 spiro atoms. The second kappa shape index (κ2) is 8.17. The van der Waals surface area contributed by atoms with Crippen LogP contribution in [-0.2, 0) is 9.59 Å². The van der Waals surface area contributed by atoms with E-state index in [4.69, 9.17) is 4.74 Å². The minimum absolute atomic E-state index is 0.108. The van der Waals surface area contributed by atoms with Gasteiger partial charge >= 0.3 is 5.97 Å². The van der Waals surface area contributed by atoms with Crippen molar-refractivity contribution in [3.63, 3.8) is 0 Å². The van der Waals surface area contributed by atoms with Crippen molar-refractivity contribution in [3.05, 3.63) is 29.3 Å². The number of nitrogens with one attached hydrogen (secondary N) is 1. The van der Waals surface area contributed by atoms with Crippen LogP contribution in [0.5, 0.6) is 5.75 Å². The molecule has 0 bridgehead atoms. The smallest absolute Gasteiger partial charge is 0.326 e. The van der Waals surface area contributed by atoms with Crippen LogP contribution in [0, 0.1) is 6.92 Å². The molecular formula is C16H22N2O5. The summed E-state index contributed by atoms with van der Waals surface area (Å²) >= 11 is 0. The average Bonchev–Trinajstić information content (AvgIpc) is 2.49. The molecular weight excluding hydrogens is 300 g/mol. The monoisotopic (exact) mass is 322 g/mol. The van der Waals surface area contributed by atoms with Gasteiger partial charge in [-0.3, -0.25) is 9.59 Å². The zero-order valence-corrected chi connectivity index (χ0v) is 13.8. The normalized spacial score (nSPS) is 11.5. The van der Waals surface area contributed by atoms with E-state index in [1.54, 1.807) is 25.1 Å². The molecule has 1 aromatic carbocycles. The molecule has 0 radical (unpaired) electrons. The van der Waals surface area contributed by atoms with Crippen LogP contribution in [0.2, 0.25) is 0 Å². The topological polar surface area (TPSA) is 95.9 Å².